The smallest absolute Gasteiger partial charge is 0.272 e. The molecule has 33 heavy (non-hydrogen) atoms. The average molecular weight is 464 g/mol. The molecule has 1 aliphatic heterocycles. The summed E-state index contributed by atoms with van der Waals surface area (Å²) >= 11 is 1.49. The number of aromatic nitrogens is 4. The molecule has 7 nitrogen and oxygen atoms in total. The first-order chi connectivity index (χ1) is 16.1. The normalized spacial score (nSPS) is 14.5. The van der Waals surface area contributed by atoms with Gasteiger partial charge in [0.25, 0.3) is 5.56 Å². The highest BCUT2D eigenvalue weighted by Crippen LogP contribution is 2.33. The van der Waals surface area contributed by atoms with Crippen molar-refractivity contribution < 1.29 is 9.13 Å². The molecule has 0 bridgehead atoms. The molecule has 0 aliphatic carbocycles. The summed E-state index contributed by atoms with van der Waals surface area (Å²) in [5.41, 5.74) is 3.79. The van der Waals surface area contributed by atoms with Crippen molar-refractivity contribution in [2.75, 3.05) is 13.4 Å². The second-order valence-corrected chi connectivity index (χ2v) is 8.67. The van der Waals surface area contributed by atoms with Crippen molar-refractivity contribution in [1.29, 1.82) is 0 Å². The zero-order valence-corrected chi connectivity index (χ0v) is 19.0. The Kier molecular flexibility index (Phi) is 5.92. The lowest BCUT2D eigenvalue weighted by Crippen LogP contribution is -2.26. The molecule has 4 aromatic rings. The number of benzene rings is 2. The molecule has 5 rings (SSSR count). The van der Waals surface area contributed by atoms with Crippen LogP contribution in [-0.2, 0) is 24.2 Å². The lowest BCUT2D eigenvalue weighted by atomic mass is 10.0. The molecule has 3 heterocycles. The highest BCUT2D eigenvalue weighted by molar-refractivity contribution is 7.98. The maximum Gasteiger partial charge on any atom is 0.272 e. The highest BCUT2D eigenvalue weighted by Gasteiger charge is 2.30. The van der Waals surface area contributed by atoms with E-state index in [1.165, 1.54) is 17.8 Å². The Morgan fingerprint density at radius 1 is 1.21 bits per heavy atom. The van der Waals surface area contributed by atoms with Crippen molar-refractivity contribution in [3.8, 4) is 0 Å². The molecule has 168 valence electrons. The van der Waals surface area contributed by atoms with Gasteiger partial charge in [0.1, 0.15) is 12.0 Å². The maximum absolute atomic E-state index is 15.0. The zero-order valence-electron chi connectivity index (χ0n) is 18.2. The van der Waals surface area contributed by atoms with Gasteiger partial charge in [-0.2, -0.15) is 5.10 Å². The van der Waals surface area contributed by atoms with E-state index in [4.69, 9.17) is 4.74 Å². The van der Waals surface area contributed by atoms with Crippen molar-refractivity contribution in [1.82, 2.24) is 25.1 Å². The molecule has 1 atom stereocenters. The first-order valence-electron chi connectivity index (χ1n) is 10.5. The van der Waals surface area contributed by atoms with Crippen molar-refractivity contribution in [2.45, 2.75) is 30.9 Å². The summed E-state index contributed by atoms with van der Waals surface area (Å²) < 4.78 is 20.7. The van der Waals surface area contributed by atoms with Crippen LogP contribution in [0.4, 0.5) is 4.39 Å². The Morgan fingerprint density at radius 2 is 2.03 bits per heavy atom. The van der Waals surface area contributed by atoms with Crippen LogP contribution >= 0.6 is 11.8 Å². The molecular formula is C24H22FN5O2S. The summed E-state index contributed by atoms with van der Waals surface area (Å²) in [5, 5.41) is 8.90. The summed E-state index contributed by atoms with van der Waals surface area (Å²) in [5.74, 6) is -0.336. The number of hydrogen-bond acceptors (Lipinski definition) is 7. The highest BCUT2D eigenvalue weighted by atomic mass is 32.2. The van der Waals surface area contributed by atoms with Gasteiger partial charge in [-0.1, -0.05) is 36.0 Å². The Morgan fingerprint density at radius 3 is 2.82 bits per heavy atom. The van der Waals surface area contributed by atoms with E-state index in [0.717, 1.165) is 33.1 Å². The van der Waals surface area contributed by atoms with Gasteiger partial charge in [-0.05, 0) is 30.0 Å². The summed E-state index contributed by atoms with van der Waals surface area (Å²) in [6, 6.07) is 12.4. The van der Waals surface area contributed by atoms with Gasteiger partial charge in [0.15, 0.2) is 5.16 Å². The lowest BCUT2D eigenvalue weighted by molar-refractivity contribution is -0.0409. The van der Waals surface area contributed by atoms with Crippen LogP contribution in [0.3, 0.4) is 0 Å². The van der Waals surface area contributed by atoms with E-state index in [9.17, 15) is 9.18 Å². The number of halogens is 1. The van der Waals surface area contributed by atoms with Crippen LogP contribution in [0.5, 0.6) is 0 Å². The van der Waals surface area contributed by atoms with E-state index in [2.05, 4.69) is 20.2 Å². The number of hydrogen-bond donors (Lipinski definition) is 1. The molecule has 1 N–H and O–H groups in total. The average Bonchev–Trinajstić information content (AvgIpc) is 3.26. The van der Waals surface area contributed by atoms with Gasteiger partial charge >= 0.3 is 0 Å². The van der Waals surface area contributed by atoms with E-state index in [1.807, 2.05) is 41.6 Å². The largest absolute Gasteiger partial charge is 0.362 e. The molecule has 0 fully saturated rings. The number of ether oxygens (including phenoxy) is 1. The molecule has 1 unspecified atom stereocenters. The van der Waals surface area contributed by atoms with Crippen LogP contribution in [0.25, 0.3) is 10.8 Å². The second kappa shape index (κ2) is 9.01. The molecule has 2 aromatic heterocycles. The molecule has 0 saturated carbocycles. The third kappa shape index (κ3) is 4.15. The molecule has 2 aromatic carbocycles. The summed E-state index contributed by atoms with van der Waals surface area (Å²) in [6.45, 7) is 1.14. The van der Waals surface area contributed by atoms with Gasteiger partial charge in [0, 0.05) is 49.3 Å². The monoisotopic (exact) mass is 463 g/mol. The number of nitrogens with zero attached hydrogens (tertiary/aromatic N) is 4. The number of methoxy groups -OCH3 is 1. The standard InChI is InChI=1S/C24H22FN5O2S/c1-32-23(30-12-15-11-26-24(33-2)27-21(15)13-30)18-9-14(7-8-19(18)25)10-20-16-5-3-4-6-17(16)22(31)29-28-20/h3-9,11,23H,10,12-13H2,1-2H3,(H,29,31). The number of rotatable bonds is 6. The first kappa shape index (κ1) is 21.7. The van der Waals surface area contributed by atoms with Gasteiger partial charge in [0.05, 0.1) is 16.8 Å². The summed E-state index contributed by atoms with van der Waals surface area (Å²) in [6.07, 6.45) is 3.65. The Labute approximate surface area is 194 Å². The minimum atomic E-state index is -0.572. The van der Waals surface area contributed by atoms with Crippen LogP contribution in [-0.4, -0.2) is 38.4 Å². The Hall–Kier alpha value is -3.14. The molecule has 0 amide bonds. The van der Waals surface area contributed by atoms with E-state index < -0.39 is 6.23 Å². The first-order valence-corrected chi connectivity index (χ1v) is 11.7. The van der Waals surface area contributed by atoms with Crippen molar-refractivity contribution in [3.63, 3.8) is 0 Å². The van der Waals surface area contributed by atoms with E-state index in [-0.39, 0.29) is 11.4 Å². The van der Waals surface area contributed by atoms with Crippen molar-refractivity contribution in [3.05, 3.63) is 92.9 Å². The van der Waals surface area contributed by atoms with Gasteiger partial charge in [-0.3, -0.25) is 9.69 Å². The Balaban J connectivity index is 1.45. The summed E-state index contributed by atoms with van der Waals surface area (Å²) in [4.78, 5) is 23.1. The fraction of sp³-hybridized carbons (Fsp3) is 0.250. The number of thioether (sulfide) groups is 1. The SMILES string of the molecule is COC(c1cc(Cc2n[nH]c(=O)c3ccccc23)ccc1F)N1Cc2cnc(SC)nc2C1. The third-order valence-electron chi connectivity index (χ3n) is 5.87. The van der Waals surface area contributed by atoms with Gasteiger partial charge in [-0.25, -0.2) is 19.5 Å². The summed E-state index contributed by atoms with van der Waals surface area (Å²) in [7, 11) is 1.58. The number of fused-ring (bicyclic) bond motifs is 2. The third-order valence-corrected chi connectivity index (χ3v) is 6.43. The number of aromatic amines is 1. The van der Waals surface area contributed by atoms with Crippen LogP contribution in [0.15, 0.2) is 58.6 Å². The van der Waals surface area contributed by atoms with Gasteiger partial charge in [-0.15, -0.1) is 0 Å². The maximum atomic E-state index is 15.0. The predicted octanol–water partition coefficient (Wildman–Crippen LogP) is 3.83. The molecule has 0 saturated heterocycles. The van der Waals surface area contributed by atoms with E-state index in [1.54, 1.807) is 19.2 Å². The minimum absolute atomic E-state index is 0.227. The molecule has 9 heteroatoms. The number of H-pyrrole nitrogens is 1. The zero-order chi connectivity index (χ0) is 22.9. The number of nitrogens with one attached hydrogen (secondary N) is 1. The van der Waals surface area contributed by atoms with Crippen molar-refractivity contribution >= 4 is 22.5 Å². The fourth-order valence-electron chi connectivity index (χ4n) is 4.29. The minimum Gasteiger partial charge on any atom is -0.362 e. The van der Waals surface area contributed by atoms with Crippen LogP contribution in [0.2, 0.25) is 0 Å². The van der Waals surface area contributed by atoms with Gasteiger partial charge in [0.2, 0.25) is 0 Å². The lowest BCUT2D eigenvalue weighted by Gasteiger charge is -2.27. The Bertz CT molecular complexity index is 1390. The molecule has 0 spiro atoms. The second-order valence-electron chi connectivity index (χ2n) is 7.90. The molecular weight excluding hydrogens is 441 g/mol. The fourth-order valence-corrected chi connectivity index (χ4v) is 4.65. The van der Waals surface area contributed by atoms with Crippen LogP contribution in [0.1, 0.15) is 34.3 Å². The molecule has 0 radical (unpaired) electrons. The van der Waals surface area contributed by atoms with Crippen LogP contribution < -0.4 is 5.56 Å². The van der Waals surface area contributed by atoms with E-state index in [0.29, 0.717) is 30.5 Å². The quantitative estimate of drug-likeness (QED) is 0.344. The predicted molar refractivity (Wildman–Crippen MR) is 124 cm³/mol. The topological polar surface area (TPSA) is 84.0 Å². The van der Waals surface area contributed by atoms with Crippen LogP contribution in [0, 0.1) is 5.82 Å². The van der Waals surface area contributed by atoms with E-state index >= 15 is 0 Å². The molecule has 1 aliphatic rings. The van der Waals surface area contributed by atoms with Crippen molar-refractivity contribution in [2.24, 2.45) is 0 Å². The van der Waals surface area contributed by atoms with Gasteiger partial charge < -0.3 is 4.74 Å².